The molecular weight excluding hydrogens is 380 g/mol. The van der Waals surface area contributed by atoms with Crippen LogP contribution in [-0.2, 0) is 39.5 Å². The molecule has 0 radical (unpaired) electrons. The molecule has 2 fully saturated rings. The van der Waals surface area contributed by atoms with E-state index in [1.165, 1.54) is 6.26 Å². The first-order valence-corrected chi connectivity index (χ1v) is 11.1. The zero-order chi connectivity index (χ0) is 19.9. The third-order valence-corrected chi connectivity index (χ3v) is 6.57. The molecule has 0 saturated carbocycles. The Balaban J connectivity index is 1.45. The lowest BCUT2D eigenvalue weighted by molar-refractivity contribution is -0.154. The second kappa shape index (κ2) is 7.31. The average molecular weight is 404 g/mol. The average Bonchev–Trinajstić information content (AvgIpc) is 3.23. The van der Waals surface area contributed by atoms with Gasteiger partial charge in [-0.3, -0.25) is 9.69 Å². The summed E-state index contributed by atoms with van der Waals surface area (Å²) < 4.78 is 30.9. The maximum Gasteiger partial charge on any atom is 0.249 e. The van der Waals surface area contributed by atoms with Crippen LogP contribution in [0, 0.1) is 0 Å². The Kier molecular flexibility index (Phi) is 4.98. The Bertz CT molecular complexity index is 970. The maximum absolute atomic E-state index is 12.5. The van der Waals surface area contributed by atoms with Gasteiger partial charge in [0.25, 0.3) is 0 Å². The van der Waals surface area contributed by atoms with Crippen molar-refractivity contribution in [2.24, 2.45) is 7.05 Å². The highest BCUT2D eigenvalue weighted by Gasteiger charge is 2.43. The zero-order valence-electron chi connectivity index (χ0n) is 16.0. The van der Waals surface area contributed by atoms with E-state index in [4.69, 9.17) is 4.74 Å². The van der Waals surface area contributed by atoms with Gasteiger partial charge in [0.15, 0.2) is 9.84 Å². The van der Waals surface area contributed by atoms with Gasteiger partial charge in [-0.15, -0.1) is 0 Å². The molecule has 1 aromatic carbocycles. The van der Waals surface area contributed by atoms with Gasteiger partial charge >= 0.3 is 0 Å². The molecule has 2 unspecified atom stereocenters. The zero-order valence-corrected chi connectivity index (χ0v) is 16.8. The second-order valence-corrected chi connectivity index (χ2v) is 9.52. The van der Waals surface area contributed by atoms with E-state index in [0.29, 0.717) is 24.5 Å². The lowest BCUT2D eigenvalue weighted by Crippen LogP contribution is -2.53. The molecule has 0 aliphatic carbocycles. The van der Waals surface area contributed by atoms with Crippen LogP contribution in [-0.4, -0.2) is 71.8 Å². The molecule has 28 heavy (non-hydrogen) atoms. The number of ether oxygens (including phenoxy) is 1. The summed E-state index contributed by atoms with van der Waals surface area (Å²) in [5.74, 6) is 0.840. The highest BCUT2D eigenvalue weighted by atomic mass is 32.2. The Morgan fingerprint density at radius 2 is 1.93 bits per heavy atom. The molecule has 4 rings (SSSR count). The van der Waals surface area contributed by atoms with Gasteiger partial charge in [0.2, 0.25) is 5.91 Å². The molecule has 0 bridgehead atoms. The number of rotatable bonds is 5. The van der Waals surface area contributed by atoms with E-state index < -0.39 is 9.84 Å². The van der Waals surface area contributed by atoms with Crippen LogP contribution in [0.2, 0.25) is 0 Å². The molecule has 2 saturated heterocycles. The molecule has 0 N–H and O–H groups in total. The van der Waals surface area contributed by atoms with Crippen molar-refractivity contribution in [3.8, 4) is 0 Å². The number of carbonyl (C=O) groups excluding carboxylic acids is 1. The molecule has 2 atom stereocenters. The fraction of sp³-hybridized carbons (Fsp3) is 0.474. The van der Waals surface area contributed by atoms with Crippen molar-refractivity contribution in [2.75, 3.05) is 26.0 Å². The SMILES string of the molecule is Cn1ccnc1CN1C(=O)COC2CN(Cc3ccc(S(C)(=O)=O)cc3)CC21. The molecule has 2 aliphatic heterocycles. The van der Waals surface area contributed by atoms with Gasteiger partial charge in [0.1, 0.15) is 12.4 Å². The number of amides is 1. The summed E-state index contributed by atoms with van der Waals surface area (Å²) in [6.07, 6.45) is 4.79. The number of aryl methyl sites for hydroxylation is 1. The number of fused-ring (bicyclic) bond motifs is 1. The topological polar surface area (TPSA) is 84.7 Å². The van der Waals surface area contributed by atoms with Crippen molar-refractivity contribution in [1.29, 1.82) is 0 Å². The number of morpholine rings is 1. The van der Waals surface area contributed by atoms with Gasteiger partial charge < -0.3 is 14.2 Å². The fourth-order valence-corrected chi connectivity index (χ4v) is 4.51. The second-order valence-electron chi connectivity index (χ2n) is 7.50. The molecule has 9 heteroatoms. The molecular formula is C19H24N4O4S. The number of likely N-dealkylation sites (tertiary alicyclic amines) is 1. The molecule has 2 aliphatic rings. The minimum Gasteiger partial charge on any atom is -0.365 e. The smallest absolute Gasteiger partial charge is 0.249 e. The molecule has 8 nitrogen and oxygen atoms in total. The van der Waals surface area contributed by atoms with Gasteiger partial charge in [-0.05, 0) is 17.7 Å². The van der Waals surface area contributed by atoms with Crippen LogP contribution in [0.25, 0.3) is 0 Å². The first kappa shape index (κ1) is 19.1. The molecule has 1 aromatic heterocycles. The third kappa shape index (κ3) is 3.82. The largest absolute Gasteiger partial charge is 0.365 e. The van der Waals surface area contributed by atoms with Crippen molar-refractivity contribution >= 4 is 15.7 Å². The van der Waals surface area contributed by atoms with Crippen molar-refractivity contribution in [3.63, 3.8) is 0 Å². The number of nitrogens with zero attached hydrogens (tertiary/aromatic N) is 4. The molecule has 1 amide bonds. The van der Waals surface area contributed by atoms with E-state index >= 15 is 0 Å². The fourth-order valence-electron chi connectivity index (χ4n) is 3.88. The molecule has 2 aromatic rings. The van der Waals surface area contributed by atoms with Gasteiger partial charge in [-0.25, -0.2) is 13.4 Å². The summed E-state index contributed by atoms with van der Waals surface area (Å²) >= 11 is 0. The van der Waals surface area contributed by atoms with E-state index in [9.17, 15) is 13.2 Å². The van der Waals surface area contributed by atoms with Crippen LogP contribution < -0.4 is 0 Å². The standard InChI is InChI=1S/C19H24N4O4S/c1-21-8-7-20-18(21)12-23-16-10-22(11-17(16)27-13-19(23)24)9-14-3-5-15(6-4-14)28(2,25)26/h3-8,16-17H,9-13H2,1-2H3. The minimum atomic E-state index is -3.19. The summed E-state index contributed by atoms with van der Waals surface area (Å²) in [6.45, 7) is 2.72. The van der Waals surface area contributed by atoms with Crippen molar-refractivity contribution < 1.29 is 17.9 Å². The summed E-state index contributed by atoms with van der Waals surface area (Å²) in [6, 6.07) is 6.96. The third-order valence-electron chi connectivity index (χ3n) is 5.44. The van der Waals surface area contributed by atoms with Gasteiger partial charge in [0.05, 0.1) is 23.6 Å². The van der Waals surface area contributed by atoms with Crippen LogP contribution in [0.1, 0.15) is 11.4 Å². The molecule has 0 spiro atoms. The quantitative estimate of drug-likeness (QED) is 0.719. The number of carbonyl (C=O) groups is 1. The van der Waals surface area contributed by atoms with Crippen molar-refractivity contribution in [3.05, 3.63) is 48.0 Å². The van der Waals surface area contributed by atoms with Crippen LogP contribution in [0.15, 0.2) is 41.6 Å². The first-order chi connectivity index (χ1) is 13.3. The Labute approximate surface area is 164 Å². The molecule has 150 valence electrons. The summed E-state index contributed by atoms with van der Waals surface area (Å²) in [5, 5.41) is 0. The highest BCUT2D eigenvalue weighted by Crippen LogP contribution is 2.26. The normalized spacial score (nSPS) is 23.2. The van der Waals surface area contributed by atoms with Crippen LogP contribution >= 0.6 is 0 Å². The van der Waals surface area contributed by atoms with Gasteiger partial charge in [-0.2, -0.15) is 0 Å². The lowest BCUT2D eigenvalue weighted by Gasteiger charge is -2.36. The van der Waals surface area contributed by atoms with Crippen LogP contribution in [0.4, 0.5) is 0 Å². The maximum atomic E-state index is 12.5. The number of hydrogen-bond acceptors (Lipinski definition) is 6. The predicted octanol–water partition coefficient (Wildman–Crippen LogP) is 0.435. The van der Waals surface area contributed by atoms with E-state index in [0.717, 1.165) is 17.9 Å². The summed E-state index contributed by atoms with van der Waals surface area (Å²) in [5.41, 5.74) is 1.04. The summed E-state index contributed by atoms with van der Waals surface area (Å²) in [4.78, 5) is 21.2. The van der Waals surface area contributed by atoms with Crippen LogP contribution in [0.3, 0.4) is 0 Å². The molecule has 3 heterocycles. The predicted molar refractivity (Wildman–Crippen MR) is 102 cm³/mol. The van der Waals surface area contributed by atoms with Crippen molar-refractivity contribution in [1.82, 2.24) is 19.4 Å². The Hall–Kier alpha value is -2.23. The number of imidazole rings is 1. The Morgan fingerprint density at radius 3 is 2.57 bits per heavy atom. The van der Waals surface area contributed by atoms with Gasteiger partial charge in [0, 0.05) is 45.3 Å². The first-order valence-electron chi connectivity index (χ1n) is 9.20. The number of benzene rings is 1. The number of hydrogen-bond donors (Lipinski definition) is 0. The van der Waals surface area contributed by atoms with E-state index in [2.05, 4.69) is 9.88 Å². The van der Waals surface area contributed by atoms with E-state index in [1.807, 2.05) is 34.8 Å². The number of sulfone groups is 1. The lowest BCUT2D eigenvalue weighted by atomic mass is 10.1. The van der Waals surface area contributed by atoms with Crippen LogP contribution in [0.5, 0.6) is 0 Å². The number of aromatic nitrogens is 2. The van der Waals surface area contributed by atoms with E-state index in [1.54, 1.807) is 18.3 Å². The Morgan fingerprint density at radius 1 is 1.18 bits per heavy atom. The van der Waals surface area contributed by atoms with E-state index in [-0.39, 0.29) is 24.7 Å². The highest BCUT2D eigenvalue weighted by molar-refractivity contribution is 7.90. The summed E-state index contributed by atoms with van der Waals surface area (Å²) in [7, 11) is -1.27. The van der Waals surface area contributed by atoms with Gasteiger partial charge in [-0.1, -0.05) is 12.1 Å². The minimum absolute atomic E-state index is 0.00626. The monoisotopic (exact) mass is 404 g/mol. The van der Waals surface area contributed by atoms with Crippen molar-refractivity contribution in [2.45, 2.75) is 30.1 Å².